The highest BCUT2D eigenvalue weighted by atomic mass is 35.5. The summed E-state index contributed by atoms with van der Waals surface area (Å²) in [5.74, 6) is 0. The Morgan fingerprint density at radius 1 is 0.826 bits per heavy atom. The van der Waals surface area contributed by atoms with Crippen LogP contribution >= 0.6 is 12.4 Å². The van der Waals surface area contributed by atoms with E-state index in [0.717, 1.165) is 13.1 Å². The van der Waals surface area contributed by atoms with Crippen LogP contribution in [-0.2, 0) is 6.54 Å². The van der Waals surface area contributed by atoms with Crippen LogP contribution in [0.2, 0.25) is 0 Å². The number of hydrogen-bond acceptors (Lipinski definition) is 1. The molecule has 118 valence electrons. The molecule has 2 heteroatoms. The zero-order valence-corrected chi connectivity index (χ0v) is 14.2. The summed E-state index contributed by atoms with van der Waals surface area (Å²) in [5, 5.41) is 2.62. The molecule has 0 radical (unpaired) electrons. The second-order valence-corrected chi connectivity index (χ2v) is 5.69. The number of halogens is 1. The van der Waals surface area contributed by atoms with Crippen molar-refractivity contribution in [3.63, 3.8) is 0 Å². The number of fused-ring (bicyclic) bond motifs is 1. The van der Waals surface area contributed by atoms with Gasteiger partial charge in [0.05, 0.1) is 0 Å². The smallest absolute Gasteiger partial charge is 0.0234 e. The maximum atomic E-state index is 2.32. The Balaban J connectivity index is 0.00000192. The van der Waals surface area contributed by atoms with Crippen LogP contribution in [0.4, 0.5) is 0 Å². The lowest BCUT2D eigenvalue weighted by Gasteiger charge is -2.14. The standard InChI is InChI=1S/C21H21N.ClH/c1-22(15-7-10-18-8-3-2-4-9-18)17-19-13-14-20-11-5-6-12-21(20)16-19;/h2-14,16H,15,17H2,1H3;1H/b10-7+;. The lowest BCUT2D eigenvalue weighted by atomic mass is 10.1. The van der Waals surface area contributed by atoms with Gasteiger partial charge in [-0.15, -0.1) is 12.4 Å². The Kier molecular flexibility index (Phi) is 6.40. The van der Waals surface area contributed by atoms with Crippen molar-refractivity contribution >= 4 is 29.3 Å². The van der Waals surface area contributed by atoms with E-state index < -0.39 is 0 Å². The third kappa shape index (κ3) is 4.95. The number of rotatable bonds is 5. The van der Waals surface area contributed by atoms with E-state index in [9.17, 15) is 0 Å². The zero-order valence-electron chi connectivity index (χ0n) is 13.4. The molecule has 0 aliphatic carbocycles. The van der Waals surface area contributed by atoms with Gasteiger partial charge in [-0.1, -0.05) is 78.9 Å². The summed E-state index contributed by atoms with van der Waals surface area (Å²) in [7, 11) is 2.16. The largest absolute Gasteiger partial charge is 0.298 e. The molecule has 0 aliphatic rings. The average molecular weight is 324 g/mol. The normalized spacial score (nSPS) is 11.0. The Morgan fingerprint density at radius 3 is 2.30 bits per heavy atom. The van der Waals surface area contributed by atoms with Crippen LogP contribution in [0.25, 0.3) is 16.8 Å². The van der Waals surface area contributed by atoms with Gasteiger partial charge in [-0.05, 0) is 35.0 Å². The molecule has 0 N–H and O–H groups in total. The van der Waals surface area contributed by atoms with E-state index in [0.29, 0.717) is 0 Å². The van der Waals surface area contributed by atoms with Crippen molar-refractivity contribution in [2.75, 3.05) is 13.6 Å². The first-order chi connectivity index (χ1) is 10.8. The quantitative estimate of drug-likeness (QED) is 0.607. The zero-order chi connectivity index (χ0) is 15.2. The molecule has 0 aliphatic heterocycles. The Hall–Kier alpha value is -2.09. The van der Waals surface area contributed by atoms with E-state index in [1.54, 1.807) is 0 Å². The molecule has 0 spiro atoms. The summed E-state index contributed by atoms with van der Waals surface area (Å²) in [6.07, 6.45) is 4.40. The van der Waals surface area contributed by atoms with Crippen LogP contribution in [-0.4, -0.2) is 18.5 Å². The van der Waals surface area contributed by atoms with Gasteiger partial charge < -0.3 is 0 Å². The molecule has 0 unspecified atom stereocenters. The minimum Gasteiger partial charge on any atom is -0.298 e. The second kappa shape index (κ2) is 8.52. The Labute approximate surface area is 144 Å². The molecule has 3 aromatic carbocycles. The lowest BCUT2D eigenvalue weighted by Crippen LogP contribution is -2.17. The van der Waals surface area contributed by atoms with Crippen LogP contribution in [0.3, 0.4) is 0 Å². The van der Waals surface area contributed by atoms with E-state index >= 15 is 0 Å². The highest BCUT2D eigenvalue weighted by Crippen LogP contribution is 2.16. The summed E-state index contributed by atoms with van der Waals surface area (Å²) in [4.78, 5) is 2.32. The highest BCUT2D eigenvalue weighted by molar-refractivity contribution is 5.85. The van der Waals surface area contributed by atoms with Crippen molar-refractivity contribution < 1.29 is 0 Å². The Bertz CT molecular complexity index is 765. The van der Waals surface area contributed by atoms with Gasteiger partial charge in [0.15, 0.2) is 0 Å². The maximum absolute atomic E-state index is 2.32. The molecule has 0 amide bonds. The fourth-order valence-electron chi connectivity index (χ4n) is 2.65. The minimum atomic E-state index is 0. The average Bonchev–Trinajstić information content (AvgIpc) is 2.56. The molecular formula is C21H22ClN. The van der Waals surface area contributed by atoms with E-state index in [4.69, 9.17) is 0 Å². The van der Waals surface area contributed by atoms with Gasteiger partial charge in [0.25, 0.3) is 0 Å². The second-order valence-electron chi connectivity index (χ2n) is 5.69. The topological polar surface area (TPSA) is 3.24 Å². The van der Waals surface area contributed by atoms with Gasteiger partial charge >= 0.3 is 0 Å². The summed E-state index contributed by atoms with van der Waals surface area (Å²) >= 11 is 0. The summed E-state index contributed by atoms with van der Waals surface area (Å²) in [5.41, 5.74) is 2.61. The molecule has 0 saturated carbocycles. The molecule has 0 heterocycles. The molecule has 0 bridgehead atoms. The lowest BCUT2D eigenvalue weighted by molar-refractivity contribution is 0.364. The summed E-state index contributed by atoms with van der Waals surface area (Å²) in [6.45, 7) is 1.91. The first-order valence-corrected chi connectivity index (χ1v) is 7.69. The SMILES string of the molecule is CN(C/C=C/c1ccccc1)Cc1ccc2ccccc2c1.Cl. The van der Waals surface area contributed by atoms with Gasteiger partial charge in [0.2, 0.25) is 0 Å². The molecule has 3 rings (SSSR count). The monoisotopic (exact) mass is 323 g/mol. The van der Waals surface area contributed by atoms with Crippen molar-refractivity contribution in [2.45, 2.75) is 6.54 Å². The van der Waals surface area contributed by atoms with E-state index in [1.807, 2.05) is 6.07 Å². The number of benzene rings is 3. The first-order valence-electron chi connectivity index (χ1n) is 7.69. The van der Waals surface area contributed by atoms with Gasteiger partial charge in [-0.25, -0.2) is 0 Å². The highest BCUT2D eigenvalue weighted by Gasteiger charge is 2.00. The minimum absolute atomic E-state index is 0. The molecule has 0 saturated heterocycles. The number of likely N-dealkylation sites (N-methyl/N-ethyl adjacent to an activating group) is 1. The predicted octanol–water partition coefficient (Wildman–Crippen LogP) is 5.41. The van der Waals surface area contributed by atoms with Crippen LogP contribution in [0, 0.1) is 0 Å². The summed E-state index contributed by atoms with van der Waals surface area (Å²) in [6, 6.07) is 25.7. The van der Waals surface area contributed by atoms with E-state index in [2.05, 4.69) is 90.8 Å². The molecule has 0 fully saturated rings. The van der Waals surface area contributed by atoms with Crippen LogP contribution in [0.5, 0.6) is 0 Å². The van der Waals surface area contributed by atoms with Gasteiger partial charge in [0.1, 0.15) is 0 Å². The Morgan fingerprint density at radius 2 is 1.52 bits per heavy atom. The molecular weight excluding hydrogens is 302 g/mol. The number of nitrogens with zero attached hydrogens (tertiary/aromatic N) is 1. The van der Waals surface area contributed by atoms with Gasteiger partial charge in [-0.3, -0.25) is 4.90 Å². The van der Waals surface area contributed by atoms with Crippen molar-refractivity contribution in [1.29, 1.82) is 0 Å². The van der Waals surface area contributed by atoms with E-state index in [1.165, 1.54) is 21.9 Å². The molecule has 1 nitrogen and oxygen atoms in total. The predicted molar refractivity (Wildman–Crippen MR) is 103 cm³/mol. The fourth-order valence-corrected chi connectivity index (χ4v) is 2.65. The van der Waals surface area contributed by atoms with Gasteiger partial charge in [-0.2, -0.15) is 0 Å². The third-order valence-corrected chi connectivity index (χ3v) is 3.79. The van der Waals surface area contributed by atoms with Crippen LogP contribution in [0.1, 0.15) is 11.1 Å². The van der Waals surface area contributed by atoms with Crippen molar-refractivity contribution in [3.05, 3.63) is 90.0 Å². The van der Waals surface area contributed by atoms with Crippen LogP contribution < -0.4 is 0 Å². The van der Waals surface area contributed by atoms with Crippen molar-refractivity contribution in [3.8, 4) is 0 Å². The first kappa shape index (κ1) is 17.3. The van der Waals surface area contributed by atoms with Crippen LogP contribution in [0.15, 0.2) is 78.9 Å². The number of hydrogen-bond donors (Lipinski definition) is 0. The molecule has 0 atom stereocenters. The van der Waals surface area contributed by atoms with Crippen molar-refractivity contribution in [2.24, 2.45) is 0 Å². The maximum Gasteiger partial charge on any atom is 0.0234 e. The molecule has 0 aromatic heterocycles. The molecule has 23 heavy (non-hydrogen) atoms. The summed E-state index contributed by atoms with van der Waals surface area (Å²) < 4.78 is 0. The van der Waals surface area contributed by atoms with Crippen molar-refractivity contribution in [1.82, 2.24) is 4.90 Å². The van der Waals surface area contributed by atoms with Gasteiger partial charge in [0, 0.05) is 13.1 Å². The molecule has 3 aromatic rings. The fraction of sp³-hybridized carbons (Fsp3) is 0.143. The third-order valence-electron chi connectivity index (χ3n) is 3.79. The van der Waals surface area contributed by atoms with E-state index in [-0.39, 0.29) is 12.4 Å².